The number of carbonyl (C=O) groups excluding carboxylic acids is 1. The molecule has 0 fully saturated rings. The summed E-state index contributed by atoms with van der Waals surface area (Å²) < 4.78 is 5.57. The molecule has 1 heterocycles. The molecule has 1 N–H and O–H groups in total. The molecular formula is C16H20N2O2. The molecule has 1 aromatic heterocycles. The summed E-state index contributed by atoms with van der Waals surface area (Å²) in [6.07, 6.45) is 2.08. The van der Waals surface area contributed by atoms with Crippen LogP contribution in [0.1, 0.15) is 27.2 Å². The molecule has 0 saturated carbocycles. The molecule has 0 bridgehead atoms. The van der Waals surface area contributed by atoms with E-state index in [1.807, 2.05) is 51.1 Å². The summed E-state index contributed by atoms with van der Waals surface area (Å²) in [5.41, 5.74) is 1.55. The molecule has 2 rings (SSSR count). The normalized spacial score (nSPS) is 12.6. The van der Waals surface area contributed by atoms with Crippen LogP contribution >= 0.6 is 0 Å². The van der Waals surface area contributed by atoms with Crippen LogP contribution in [0.15, 0.2) is 36.5 Å². The van der Waals surface area contributed by atoms with Crippen LogP contribution in [0.5, 0.6) is 0 Å². The van der Waals surface area contributed by atoms with Gasteiger partial charge in [-0.05, 0) is 32.9 Å². The third-order valence-corrected chi connectivity index (χ3v) is 2.88. The fourth-order valence-electron chi connectivity index (χ4n) is 2.18. The summed E-state index contributed by atoms with van der Waals surface area (Å²) in [7, 11) is 0. The van der Waals surface area contributed by atoms with E-state index < -0.39 is 0 Å². The number of fused-ring (bicyclic) bond motifs is 1. The average molecular weight is 272 g/mol. The van der Waals surface area contributed by atoms with Crippen molar-refractivity contribution in [3.8, 4) is 0 Å². The second-order valence-electron chi connectivity index (χ2n) is 5.13. The van der Waals surface area contributed by atoms with Crippen LogP contribution in [0.25, 0.3) is 10.9 Å². The molecule has 1 aromatic carbocycles. The highest BCUT2D eigenvalue weighted by atomic mass is 16.5. The maximum absolute atomic E-state index is 12.0. The van der Waals surface area contributed by atoms with E-state index in [2.05, 4.69) is 10.3 Å². The molecule has 106 valence electrons. The molecule has 4 heteroatoms. The fourth-order valence-corrected chi connectivity index (χ4v) is 2.18. The number of amides is 1. The second-order valence-corrected chi connectivity index (χ2v) is 5.13. The number of anilines is 1. The van der Waals surface area contributed by atoms with Crippen molar-refractivity contribution in [2.45, 2.75) is 39.4 Å². The minimum Gasteiger partial charge on any atom is -0.375 e. The first-order valence-corrected chi connectivity index (χ1v) is 6.85. The lowest BCUT2D eigenvalue weighted by atomic mass is 10.2. The Morgan fingerprint density at radius 1 is 1.25 bits per heavy atom. The Bertz CT molecular complexity index is 591. The number of nitrogens with one attached hydrogen (secondary N) is 1. The van der Waals surface area contributed by atoms with Crippen molar-refractivity contribution in [3.63, 3.8) is 0 Å². The van der Waals surface area contributed by atoms with Gasteiger partial charge in [-0.3, -0.25) is 9.78 Å². The Morgan fingerprint density at radius 2 is 2.00 bits per heavy atom. The number of aromatic nitrogens is 1. The molecule has 2 aromatic rings. The van der Waals surface area contributed by atoms with Crippen molar-refractivity contribution < 1.29 is 9.53 Å². The zero-order valence-electron chi connectivity index (χ0n) is 12.1. The van der Waals surface area contributed by atoms with Gasteiger partial charge >= 0.3 is 0 Å². The number of para-hydroxylation sites is 1. The molecule has 0 aliphatic heterocycles. The minimum atomic E-state index is -0.0991. The summed E-state index contributed by atoms with van der Waals surface area (Å²) in [4.78, 5) is 16.3. The number of benzene rings is 1. The molecule has 1 amide bonds. The fraction of sp³-hybridized carbons (Fsp3) is 0.375. The zero-order chi connectivity index (χ0) is 14.5. The molecule has 20 heavy (non-hydrogen) atoms. The molecule has 0 radical (unpaired) electrons. The molecule has 0 spiro atoms. The summed E-state index contributed by atoms with van der Waals surface area (Å²) in [5, 5.41) is 3.92. The van der Waals surface area contributed by atoms with Crippen LogP contribution in [0.4, 0.5) is 5.69 Å². The van der Waals surface area contributed by atoms with Gasteiger partial charge in [-0.1, -0.05) is 18.2 Å². The number of ether oxygens (including phenoxy) is 1. The lowest BCUT2D eigenvalue weighted by molar-refractivity contribution is -0.119. The third kappa shape index (κ3) is 3.78. The third-order valence-electron chi connectivity index (χ3n) is 2.88. The van der Waals surface area contributed by atoms with Crippen molar-refractivity contribution in [1.29, 1.82) is 0 Å². The van der Waals surface area contributed by atoms with Gasteiger partial charge in [0, 0.05) is 11.6 Å². The summed E-state index contributed by atoms with van der Waals surface area (Å²) in [6.45, 7) is 5.83. The highest BCUT2D eigenvalue weighted by molar-refractivity contribution is 6.00. The number of carbonyl (C=O) groups is 1. The first-order valence-electron chi connectivity index (χ1n) is 6.85. The number of hydrogen-bond donors (Lipinski definition) is 1. The largest absolute Gasteiger partial charge is 0.375 e. The van der Waals surface area contributed by atoms with Crippen LogP contribution in [0.3, 0.4) is 0 Å². The van der Waals surface area contributed by atoms with Crippen molar-refractivity contribution in [2.24, 2.45) is 0 Å². The number of rotatable bonds is 5. The molecule has 0 aliphatic carbocycles. The van der Waals surface area contributed by atoms with E-state index in [1.165, 1.54) is 0 Å². The molecular weight excluding hydrogens is 252 g/mol. The maximum atomic E-state index is 12.0. The zero-order valence-corrected chi connectivity index (χ0v) is 12.1. The van der Waals surface area contributed by atoms with Gasteiger partial charge < -0.3 is 10.1 Å². The Morgan fingerprint density at radius 3 is 2.75 bits per heavy atom. The van der Waals surface area contributed by atoms with Crippen LogP contribution in [0.2, 0.25) is 0 Å². The van der Waals surface area contributed by atoms with E-state index in [9.17, 15) is 4.79 Å². The van der Waals surface area contributed by atoms with Gasteiger partial charge in [-0.2, -0.15) is 0 Å². The van der Waals surface area contributed by atoms with Crippen molar-refractivity contribution in [2.75, 3.05) is 5.32 Å². The maximum Gasteiger partial charge on any atom is 0.227 e. The van der Waals surface area contributed by atoms with Gasteiger partial charge in [0.05, 0.1) is 29.8 Å². The monoisotopic (exact) mass is 272 g/mol. The number of nitrogens with zero attached hydrogens (tertiary/aromatic N) is 1. The van der Waals surface area contributed by atoms with Crippen molar-refractivity contribution in [3.05, 3.63) is 36.5 Å². The molecule has 1 unspecified atom stereocenters. The van der Waals surface area contributed by atoms with Crippen molar-refractivity contribution in [1.82, 2.24) is 4.98 Å². The lowest BCUT2D eigenvalue weighted by Gasteiger charge is -2.16. The van der Waals surface area contributed by atoms with Gasteiger partial charge in [0.15, 0.2) is 0 Å². The first-order chi connectivity index (χ1) is 9.56. The van der Waals surface area contributed by atoms with Crippen molar-refractivity contribution >= 4 is 22.5 Å². The second kappa shape index (κ2) is 6.48. The van der Waals surface area contributed by atoms with Gasteiger partial charge in [-0.15, -0.1) is 0 Å². The SMILES string of the molecule is CC(C)OC(C)CC(=O)Nc1cccc2cccnc12. The van der Waals surface area contributed by atoms with E-state index in [0.717, 1.165) is 16.6 Å². The highest BCUT2D eigenvalue weighted by Gasteiger charge is 2.12. The van der Waals surface area contributed by atoms with Crippen LogP contribution < -0.4 is 5.32 Å². The highest BCUT2D eigenvalue weighted by Crippen LogP contribution is 2.20. The average Bonchev–Trinajstić information content (AvgIpc) is 2.38. The Labute approximate surface area is 119 Å². The molecule has 4 nitrogen and oxygen atoms in total. The topological polar surface area (TPSA) is 51.2 Å². The van der Waals surface area contributed by atoms with E-state index in [-0.39, 0.29) is 18.1 Å². The predicted octanol–water partition coefficient (Wildman–Crippen LogP) is 3.38. The van der Waals surface area contributed by atoms with Crippen LogP contribution in [-0.2, 0) is 9.53 Å². The lowest BCUT2D eigenvalue weighted by Crippen LogP contribution is -2.22. The van der Waals surface area contributed by atoms with Crippen LogP contribution in [-0.4, -0.2) is 23.1 Å². The molecule has 0 aliphatic rings. The standard InChI is InChI=1S/C16H20N2O2/c1-11(2)20-12(3)10-15(19)18-14-8-4-6-13-7-5-9-17-16(13)14/h4-9,11-12H,10H2,1-3H3,(H,18,19). The molecule has 1 atom stereocenters. The van der Waals surface area contributed by atoms with Gasteiger partial charge in [0.25, 0.3) is 0 Å². The van der Waals surface area contributed by atoms with E-state index >= 15 is 0 Å². The summed E-state index contributed by atoms with van der Waals surface area (Å²) >= 11 is 0. The quantitative estimate of drug-likeness (QED) is 0.907. The van der Waals surface area contributed by atoms with E-state index in [0.29, 0.717) is 6.42 Å². The molecule has 0 saturated heterocycles. The summed E-state index contributed by atoms with van der Waals surface area (Å²) in [6, 6.07) is 9.60. The van der Waals surface area contributed by atoms with E-state index in [4.69, 9.17) is 4.74 Å². The van der Waals surface area contributed by atoms with Crippen LogP contribution in [0, 0.1) is 0 Å². The minimum absolute atomic E-state index is 0.0590. The van der Waals surface area contributed by atoms with Gasteiger partial charge in [0.1, 0.15) is 0 Å². The Balaban J connectivity index is 2.06. The smallest absolute Gasteiger partial charge is 0.227 e. The Hall–Kier alpha value is -1.94. The van der Waals surface area contributed by atoms with Gasteiger partial charge in [0.2, 0.25) is 5.91 Å². The Kier molecular flexibility index (Phi) is 4.69. The first kappa shape index (κ1) is 14.5. The number of pyridine rings is 1. The summed E-state index contributed by atoms with van der Waals surface area (Å²) in [5.74, 6) is -0.0590. The van der Waals surface area contributed by atoms with Gasteiger partial charge in [-0.25, -0.2) is 0 Å². The predicted molar refractivity (Wildman–Crippen MR) is 80.7 cm³/mol. The van der Waals surface area contributed by atoms with E-state index in [1.54, 1.807) is 6.20 Å². The number of hydrogen-bond acceptors (Lipinski definition) is 3.